The van der Waals surface area contributed by atoms with Gasteiger partial charge in [0.1, 0.15) is 0 Å². The standard InChI is InChI=1S/C20H22N6O2/c1-20(2)12-16(23-25-18(27)14-3-7-21-8-4-14)11-17(13-20)24-26-19(28)15-5-9-22-10-6-15/h3-11,23H,12-13H2,1-2H3,(H,25,27)(H,26,28)/b24-17+. The molecule has 0 saturated heterocycles. The van der Waals surface area contributed by atoms with Crippen LogP contribution in [0, 0.1) is 5.41 Å². The van der Waals surface area contributed by atoms with Crippen molar-refractivity contribution in [1.82, 2.24) is 26.2 Å². The van der Waals surface area contributed by atoms with E-state index >= 15 is 0 Å². The fourth-order valence-corrected chi connectivity index (χ4v) is 2.93. The summed E-state index contributed by atoms with van der Waals surface area (Å²) in [7, 11) is 0. The second-order valence-electron chi connectivity index (χ2n) is 7.28. The fraction of sp³-hybridized carbons (Fsp3) is 0.250. The molecule has 0 bridgehead atoms. The number of carbonyl (C=O) groups is 2. The molecule has 1 aliphatic rings. The maximum absolute atomic E-state index is 12.2. The van der Waals surface area contributed by atoms with Crippen molar-refractivity contribution in [3.8, 4) is 0 Å². The molecule has 28 heavy (non-hydrogen) atoms. The number of nitrogens with zero attached hydrogens (tertiary/aromatic N) is 3. The average Bonchev–Trinajstić information content (AvgIpc) is 2.70. The molecule has 2 amide bonds. The highest BCUT2D eigenvalue weighted by Gasteiger charge is 2.27. The zero-order valence-corrected chi connectivity index (χ0v) is 15.8. The first-order chi connectivity index (χ1) is 13.4. The number of aromatic nitrogens is 2. The van der Waals surface area contributed by atoms with Crippen molar-refractivity contribution in [2.24, 2.45) is 10.5 Å². The lowest BCUT2D eigenvalue weighted by Gasteiger charge is -2.30. The van der Waals surface area contributed by atoms with Crippen molar-refractivity contribution in [1.29, 1.82) is 0 Å². The molecular formula is C20H22N6O2. The fourth-order valence-electron chi connectivity index (χ4n) is 2.93. The van der Waals surface area contributed by atoms with E-state index in [0.29, 0.717) is 17.5 Å². The number of carbonyl (C=O) groups excluding carboxylic acids is 2. The van der Waals surface area contributed by atoms with Crippen LogP contribution in [-0.4, -0.2) is 27.5 Å². The lowest BCUT2D eigenvalue weighted by atomic mass is 9.78. The van der Waals surface area contributed by atoms with Gasteiger partial charge in [-0.1, -0.05) is 13.8 Å². The first kappa shape index (κ1) is 19.2. The van der Waals surface area contributed by atoms with E-state index in [9.17, 15) is 9.59 Å². The molecular weight excluding hydrogens is 356 g/mol. The molecule has 0 aliphatic heterocycles. The summed E-state index contributed by atoms with van der Waals surface area (Å²) in [4.78, 5) is 32.1. The third kappa shape index (κ3) is 5.23. The Morgan fingerprint density at radius 1 is 0.929 bits per heavy atom. The van der Waals surface area contributed by atoms with E-state index < -0.39 is 0 Å². The van der Waals surface area contributed by atoms with Crippen LogP contribution in [0.2, 0.25) is 0 Å². The second kappa shape index (κ2) is 8.43. The number of hydrogen-bond acceptors (Lipinski definition) is 6. The van der Waals surface area contributed by atoms with E-state index in [1.54, 1.807) is 49.1 Å². The minimum atomic E-state index is -0.299. The minimum Gasteiger partial charge on any atom is -0.302 e. The molecule has 2 heterocycles. The number of allylic oxidation sites excluding steroid dienone is 2. The number of rotatable bonds is 5. The molecule has 3 N–H and O–H groups in total. The SMILES string of the molecule is CC1(C)CC(NNC(=O)c2ccncc2)=C/C(=N\NC(=O)c2ccncc2)C1. The van der Waals surface area contributed by atoms with Gasteiger partial charge in [-0.05, 0) is 48.6 Å². The Kier molecular flexibility index (Phi) is 5.78. The zero-order valence-electron chi connectivity index (χ0n) is 15.8. The van der Waals surface area contributed by atoms with Crippen molar-refractivity contribution in [2.75, 3.05) is 0 Å². The molecule has 0 aromatic carbocycles. The van der Waals surface area contributed by atoms with E-state index in [2.05, 4.69) is 45.2 Å². The summed E-state index contributed by atoms with van der Waals surface area (Å²) in [6.45, 7) is 4.21. The summed E-state index contributed by atoms with van der Waals surface area (Å²) in [5.41, 5.74) is 10.7. The molecule has 0 fully saturated rings. The largest absolute Gasteiger partial charge is 0.302 e. The molecule has 0 atom stereocenters. The monoisotopic (exact) mass is 378 g/mol. The third-order valence-corrected chi connectivity index (χ3v) is 4.19. The van der Waals surface area contributed by atoms with Crippen molar-refractivity contribution in [3.05, 3.63) is 72.0 Å². The lowest BCUT2D eigenvalue weighted by molar-refractivity contribution is 0.0934. The quantitative estimate of drug-likeness (QED) is 0.691. The Hall–Kier alpha value is -3.55. The molecule has 2 aromatic heterocycles. The number of amides is 2. The lowest BCUT2D eigenvalue weighted by Crippen LogP contribution is -2.40. The van der Waals surface area contributed by atoms with Crippen LogP contribution in [0.3, 0.4) is 0 Å². The molecule has 8 nitrogen and oxygen atoms in total. The van der Waals surface area contributed by atoms with Crippen LogP contribution in [0.5, 0.6) is 0 Å². The Labute approximate surface area is 163 Å². The van der Waals surface area contributed by atoms with Gasteiger partial charge in [0.25, 0.3) is 11.8 Å². The highest BCUT2D eigenvalue weighted by molar-refractivity contribution is 5.99. The van der Waals surface area contributed by atoms with Gasteiger partial charge < -0.3 is 5.43 Å². The van der Waals surface area contributed by atoms with Gasteiger partial charge in [-0.15, -0.1) is 0 Å². The summed E-state index contributed by atoms with van der Waals surface area (Å²) in [6, 6.07) is 6.52. The summed E-state index contributed by atoms with van der Waals surface area (Å²) >= 11 is 0. The zero-order chi connectivity index (χ0) is 20.0. The molecule has 8 heteroatoms. The Morgan fingerprint density at radius 3 is 2.11 bits per heavy atom. The van der Waals surface area contributed by atoms with Crippen LogP contribution in [0.4, 0.5) is 0 Å². The van der Waals surface area contributed by atoms with Gasteiger partial charge in [0.15, 0.2) is 0 Å². The molecule has 2 aromatic rings. The summed E-state index contributed by atoms with van der Waals surface area (Å²) in [5, 5.41) is 4.25. The highest BCUT2D eigenvalue weighted by atomic mass is 16.2. The van der Waals surface area contributed by atoms with Gasteiger partial charge in [-0.3, -0.25) is 25.0 Å². The van der Waals surface area contributed by atoms with Gasteiger partial charge in [-0.2, -0.15) is 5.10 Å². The molecule has 1 aliphatic carbocycles. The molecule has 0 unspecified atom stereocenters. The van der Waals surface area contributed by atoms with E-state index in [0.717, 1.165) is 17.8 Å². The molecule has 0 spiro atoms. The number of hydrogen-bond donors (Lipinski definition) is 3. The van der Waals surface area contributed by atoms with Gasteiger partial charge in [0.2, 0.25) is 0 Å². The van der Waals surface area contributed by atoms with Crippen LogP contribution in [-0.2, 0) is 0 Å². The predicted octanol–water partition coefficient (Wildman–Crippen LogP) is 2.20. The molecule has 3 rings (SSSR count). The number of nitrogens with one attached hydrogen (secondary N) is 3. The maximum atomic E-state index is 12.2. The van der Waals surface area contributed by atoms with Crippen molar-refractivity contribution >= 4 is 17.5 Å². The number of hydrazone groups is 1. The summed E-state index contributed by atoms with van der Waals surface area (Å²) in [5.74, 6) is -0.552. The van der Waals surface area contributed by atoms with Gasteiger partial charge in [0.05, 0.1) is 5.71 Å². The Morgan fingerprint density at radius 2 is 1.50 bits per heavy atom. The van der Waals surface area contributed by atoms with Crippen molar-refractivity contribution in [3.63, 3.8) is 0 Å². The van der Waals surface area contributed by atoms with E-state index in [-0.39, 0.29) is 17.2 Å². The highest BCUT2D eigenvalue weighted by Crippen LogP contribution is 2.32. The second-order valence-corrected chi connectivity index (χ2v) is 7.28. The first-order valence-corrected chi connectivity index (χ1v) is 8.87. The Balaban J connectivity index is 1.66. The summed E-state index contributed by atoms with van der Waals surface area (Å²) in [6.07, 6.45) is 9.51. The Bertz CT molecular complexity index is 907. The van der Waals surface area contributed by atoms with Gasteiger partial charge in [0, 0.05) is 41.6 Å². The van der Waals surface area contributed by atoms with Crippen LogP contribution >= 0.6 is 0 Å². The molecule has 0 saturated carbocycles. The van der Waals surface area contributed by atoms with Crippen molar-refractivity contribution < 1.29 is 9.59 Å². The molecule has 144 valence electrons. The number of pyridine rings is 2. The van der Waals surface area contributed by atoms with E-state index in [1.807, 2.05) is 6.08 Å². The van der Waals surface area contributed by atoms with Crippen LogP contribution in [0.15, 0.2) is 65.9 Å². The summed E-state index contributed by atoms with van der Waals surface area (Å²) < 4.78 is 0. The predicted molar refractivity (Wildman–Crippen MR) is 105 cm³/mol. The van der Waals surface area contributed by atoms with E-state index in [4.69, 9.17) is 0 Å². The van der Waals surface area contributed by atoms with E-state index in [1.165, 1.54) is 0 Å². The number of hydrazine groups is 1. The maximum Gasteiger partial charge on any atom is 0.271 e. The van der Waals surface area contributed by atoms with Gasteiger partial charge in [-0.25, -0.2) is 5.43 Å². The van der Waals surface area contributed by atoms with Crippen LogP contribution < -0.4 is 16.3 Å². The normalized spacial score (nSPS) is 16.8. The van der Waals surface area contributed by atoms with Crippen molar-refractivity contribution in [2.45, 2.75) is 26.7 Å². The van der Waals surface area contributed by atoms with Gasteiger partial charge >= 0.3 is 0 Å². The molecule has 0 radical (unpaired) electrons. The average molecular weight is 378 g/mol. The van der Waals surface area contributed by atoms with Crippen LogP contribution in [0.25, 0.3) is 0 Å². The third-order valence-electron chi connectivity index (χ3n) is 4.19. The topological polar surface area (TPSA) is 108 Å². The van der Waals surface area contributed by atoms with Crippen LogP contribution in [0.1, 0.15) is 47.4 Å². The minimum absolute atomic E-state index is 0.0707. The first-order valence-electron chi connectivity index (χ1n) is 8.87. The smallest absolute Gasteiger partial charge is 0.271 e.